The van der Waals surface area contributed by atoms with E-state index in [1.807, 2.05) is 18.4 Å². The summed E-state index contributed by atoms with van der Waals surface area (Å²) >= 11 is 1.61. The van der Waals surface area contributed by atoms with Crippen LogP contribution in [-0.4, -0.2) is 9.89 Å². The molecule has 2 heterocycles. The molecule has 52 valence electrons. The lowest BCUT2D eigenvalue weighted by Gasteiger charge is -1.84. The highest BCUT2D eigenvalue weighted by Crippen LogP contribution is 2.21. The molecular formula is C6H7N3S. The van der Waals surface area contributed by atoms with Crippen LogP contribution in [0, 0.1) is 6.92 Å². The van der Waals surface area contributed by atoms with Gasteiger partial charge in [0, 0.05) is 5.39 Å². The van der Waals surface area contributed by atoms with E-state index in [1.165, 1.54) is 4.79 Å². The molecule has 3 nitrogen and oxygen atoms in total. The van der Waals surface area contributed by atoms with Crippen LogP contribution < -0.4 is 5.84 Å². The van der Waals surface area contributed by atoms with E-state index >= 15 is 0 Å². The Morgan fingerprint density at radius 1 is 1.70 bits per heavy atom. The molecule has 0 amide bonds. The fourth-order valence-corrected chi connectivity index (χ4v) is 1.84. The van der Waals surface area contributed by atoms with E-state index in [0.717, 1.165) is 15.9 Å². The highest BCUT2D eigenvalue weighted by atomic mass is 32.1. The quantitative estimate of drug-likeness (QED) is 0.576. The summed E-state index contributed by atoms with van der Waals surface area (Å²) in [6.45, 7) is 1.96. The molecule has 0 fully saturated rings. The van der Waals surface area contributed by atoms with Crippen molar-refractivity contribution in [1.29, 1.82) is 0 Å². The Balaban J connectivity index is 2.98. The molecule has 0 aromatic carbocycles. The monoisotopic (exact) mass is 153 g/mol. The van der Waals surface area contributed by atoms with Crippen molar-refractivity contribution in [3.63, 3.8) is 0 Å². The van der Waals surface area contributed by atoms with Crippen LogP contribution in [0.15, 0.2) is 11.4 Å². The van der Waals surface area contributed by atoms with Crippen LogP contribution in [0.3, 0.4) is 0 Å². The molecular weight excluding hydrogens is 146 g/mol. The third-order valence-corrected chi connectivity index (χ3v) is 2.40. The smallest absolute Gasteiger partial charge is 0.144 e. The summed E-state index contributed by atoms with van der Waals surface area (Å²) in [7, 11) is 0. The summed E-state index contributed by atoms with van der Waals surface area (Å²) in [5, 5.41) is 7.23. The van der Waals surface area contributed by atoms with Gasteiger partial charge < -0.3 is 5.84 Å². The number of hydrogen-bond donors (Lipinski definition) is 1. The van der Waals surface area contributed by atoms with Crippen molar-refractivity contribution >= 4 is 21.6 Å². The summed E-state index contributed by atoms with van der Waals surface area (Å²) in [5.41, 5.74) is 0.999. The second-order valence-electron chi connectivity index (χ2n) is 2.17. The minimum atomic E-state index is 0.999. The minimum absolute atomic E-state index is 0.999. The van der Waals surface area contributed by atoms with E-state index in [9.17, 15) is 0 Å². The molecule has 10 heavy (non-hydrogen) atoms. The molecule has 0 aliphatic heterocycles. The van der Waals surface area contributed by atoms with Gasteiger partial charge in [0.25, 0.3) is 0 Å². The average molecular weight is 153 g/mol. The summed E-state index contributed by atoms with van der Waals surface area (Å²) in [4.78, 5) is 2.47. The van der Waals surface area contributed by atoms with Crippen molar-refractivity contribution in [1.82, 2.24) is 9.89 Å². The predicted molar refractivity (Wildman–Crippen MR) is 42.5 cm³/mol. The second-order valence-corrected chi connectivity index (χ2v) is 3.06. The number of nitrogens with zero attached hydrogens (tertiary/aromatic N) is 2. The van der Waals surface area contributed by atoms with Gasteiger partial charge in [0.2, 0.25) is 0 Å². The maximum atomic E-state index is 5.54. The molecule has 4 heteroatoms. The average Bonchev–Trinajstić information content (AvgIpc) is 2.39. The number of nitrogen functional groups attached to an aromatic ring is 1. The maximum Gasteiger partial charge on any atom is 0.144 e. The Bertz CT molecular complexity index is 328. The number of nitrogens with two attached hydrogens (primary N) is 1. The number of fused-ring (bicyclic) bond motifs is 1. The van der Waals surface area contributed by atoms with Crippen LogP contribution in [0.4, 0.5) is 0 Å². The Labute approximate surface area is 62.0 Å². The molecule has 0 saturated heterocycles. The summed E-state index contributed by atoms with van der Waals surface area (Å²) in [6.07, 6.45) is 0. The van der Waals surface area contributed by atoms with Crippen LogP contribution in [0.5, 0.6) is 0 Å². The molecule has 2 N–H and O–H groups in total. The summed E-state index contributed by atoms with van der Waals surface area (Å²) in [5.74, 6) is 5.54. The van der Waals surface area contributed by atoms with Crippen LogP contribution in [-0.2, 0) is 0 Å². The van der Waals surface area contributed by atoms with Crippen molar-refractivity contribution < 1.29 is 0 Å². The summed E-state index contributed by atoms with van der Waals surface area (Å²) < 4.78 is 0. The zero-order valence-electron chi connectivity index (χ0n) is 5.53. The summed E-state index contributed by atoms with van der Waals surface area (Å²) in [6, 6.07) is 2.03. The first-order chi connectivity index (χ1) is 4.79. The van der Waals surface area contributed by atoms with Crippen molar-refractivity contribution in [2.45, 2.75) is 6.92 Å². The zero-order valence-corrected chi connectivity index (χ0v) is 6.35. The van der Waals surface area contributed by atoms with Crippen LogP contribution in [0.1, 0.15) is 5.69 Å². The Kier molecular flexibility index (Phi) is 0.990. The molecule has 0 aliphatic rings. The van der Waals surface area contributed by atoms with Crippen molar-refractivity contribution in [3.8, 4) is 0 Å². The molecule has 0 saturated carbocycles. The topological polar surface area (TPSA) is 43.8 Å². The van der Waals surface area contributed by atoms with E-state index in [-0.39, 0.29) is 0 Å². The fourth-order valence-electron chi connectivity index (χ4n) is 1.01. The molecule has 2 aromatic rings. The third-order valence-electron chi connectivity index (χ3n) is 1.50. The molecule has 0 unspecified atom stereocenters. The lowest BCUT2D eigenvalue weighted by molar-refractivity contribution is 0.849. The van der Waals surface area contributed by atoms with E-state index < -0.39 is 0 Å². The first-order valence-electron chi connectivity index (χ1n) is 2.97. The number of aromatic nitrogens is 2. The normalized spacial score (nSPS) is 10.9. The van der Waals surface area contributed by atoms with Gasteiger partial charge in [-0.15, -0.1) is 11.3 Å². The molecule has 0 bridgehead atoms. The highest BCUT2D eigenvalue weighted by Gasteiger charge is 2.04. The molecule has 0 spiro atoms. The number of aryl methyl sites for hydroxylation is 1. The van der Waals surface area contributed by atoms with E-state index in [0.29, 0.717) is 0 Å². The van der Waals surface area contributed by atoms with Gasteiger partial charge >= 0.3 is 0 Å². The largest absolute Gasteiger partial charge is 0.322 e. The second kappa shape index (κ2) is 1.73. The maximum absolute atomic E-state index is 5.54. The first kappa shape index (κ1) is 5.73. The fraction of sp³-hybridized carbons (Fsp3) is 0.167. The van der Waals surface area contributed by atoms with Crippen molar-refractivity contribution in [2.75, 3.05) is 5.84 Å². The number of rotatable bonds is 0. The van der Waals surface area contributed by atoms with E-state index in [1.54, 1.807) is 11.3 Å². The predicted octanol–water partition coefficient (Wildman–Crippen LogP) is 1.12. The van der Waals surface area contributed by atoms with Gasteiger partial charge in [-0.1, -0.05) is 0 Å². The van der Waals surface area contributed by atoms with Gasteiger partial charge in [-0.2, -0.15) is 9.89 Å². The Morgan fingerprint density at radius 3 is 3.20 bits per heavy atom. The van der Waals surface area contributed by atoms with Gasteiger partial charge in [0.1, 0.15) is 4.83 Å². The molecule has 2 rings (SSSR count). The van der Waals surface area contributed by atoms with Gasteiger partial charge in [0.15, 0.2) is 0 Å². The first-order valence-corrected chi connectivity index (χ1v) is 3.85. The minimum Gasteiger partial charge on any atom is -0.322 e. The third kappa shape index (κ3) is 0.565. The lowest BCUT2D eigenvalue weighted by Crippen LogP contribution is -2.08. The van der Waals surface area contributed by atoms with Gasteiger partial charge in [-0.05, 0) is 18.4 Å². The Hall–Kier alpha value is -1.03. The standard InChI is InChI=1S/C6H7N3S/c1-4-5-2-3-10-6(5)9(7)8-4/h2-3H,7H2,1H3. The van der Waals surface area contributed by atoms with Crippen molar-refractivity contribution in [3.05, 3.63) is 17.1 Å². The van der Waals surface area contributed by atoms with Crippen molar-refractivity contribution in [2.24, 2.45) is 0 Å². The van der Waals surface area contributed by atoms with Gasteiger partial charge in [-0.25, -0.2) is 0 Å². The van der Waals surface area contributed by atoms with E-state index in [4.69, 9.17) is 5.84 Å². The van der Waals surface area contributed by atoms with Crippen LogP contribution in [0.25, 0.3) is 10.2 Å². The Morgan fingerprint density at radius 2 is 2.50 bits per heavy atom. The number of thiophene rings is 1. The molecule has 0 radical (unpaired) electrons. The van der Waals surface area contributed by atoms with Crippen LogP contribution in [0.2, 0.25) is 0 Å². The van der Waals surface area contributed by atoms with Gasteiger partial charge in [0.05, 0.1) is 5.69 Å². The SMILES string of the molecule is Cc1nn(N)c2sccc12. The molecule has 0 aliphatic carbocycles. The molecule has 0 atom stereocenters. The van der Waals surface area contributed by atoms with Crippen LogP contribution >= 0.6 is 11.3 Å². The lowest BCUT2D eigenvalue weighted by atomic mass is 10.3. The zero-order chi connectivity index (χ0) is 7.14. The van der Waals surface area contributed by atoms with Gasteiger partial charge in [-0.3, -0.25) is 0 Å². The molecule has 2 aromatic heterocycles. The highest BCUT2D eigenvalue weighted by molar-refractivity contribution is 7.16. The van der Waals surface area contributed by atoms with E-state index in [2.05, 4.69) is 5.10 Å². The number of hydrogen-bond acceptors (Lipinski definition) is 3.